The van der Waals surface area contributed by atoms with E-state index in [1.807, 2.05) is 36.4 Å². The fourth-order valence-electron chi connectivity index (χ4n) is 2.24. The van der Waals surface area contributed by atoms with E-state index in [0.29, 0.717) is 12.2 Å². The van der Waals surface area contributed by atoms with Crippen LogP contribution >= 0.6 is 0 Å². The van der Waals surface area contributed by atoms with E-state index in [-0.39, 0.29) is 0 Å². The van der Waals surface area contributed by atoms with Gasteiger partial charge in [-0.15, -0.1) is 0 Å². The highest BCUT2D eigenvalue weighted by atomic mass is 16.5. The fraction of sp³-hybridized carbons (Fsp3) is 0.316. The highest BCUT2D eigenvalue weighted by Gasteiger charge is 2.00. The van der Waals surface area contributed by atoms with Crippen molar-refractivity contribution >= 4 is 6.47 Å². The standard InChI is InChI=1S/C19H22O3/c1-2-3-4-5-14-21-18-10-6-16(7-11-18)17-8-12-19(13-9-17)22-15-20/h6-13,15H,2-5,14H2,1H3. The average Bonchev–Trinajstić information content (AvgIpc) is 2.56. The predicted octanol–water partition coefficient (Wildman–Crippen LogP) is 4.85. The van der Waals surface area contributed by atoms with Crippen LogP contribution in [0.2, 0.25) is 0 Å². The van der Waals surface area contributed by atoms with E-state index >= 15 is 0 Å². The van der Waals surface area contributed by atoms with Crippen molar-refractivity contribution in [2.75, 3.05) is 6.61 Å². The van der Waals surface area contributed by atoms with Gasteiger partial charge in [-0.05, 0) is 41.8 Å². The van der Waals surface area contributed by atoms with Crippen LogP contribution in [-0.2, 0) is 4.79 Å². The molecule has 0 radical (unpaired) electrons. The molecule has 0 aromatic heterocycles. The number of benzene rings is 2. The summed E-state index contributed by atoms with van der Waals surface area (Å²) in [5.41, 5.74) is 2.18. The number of ether oxygens (including phenoxy) is 2. The van der Waals surface area contributed by atoms with Crippen LogP contribution in [0.4, 0.5) is 0 Å². The molecule has 2 rings (SSSR count). The number of hydrogen-bond acceptors (Lipinski definition) is 3. The van der Waals surface area contributed by atoms with Gasteiger partial charge in [-0.3, -0.25) is 4.79 Å². The number of unbranched alkanes of at least 4 members (excludes halogenated alkanes) is 3. The van der Waals surface area contributed by atoms with Crippen LogP contribution < -0.4 is 9.47 Å². The van der Waals surface area contributed by atoms with Gasteiger partial charge in [0.05, 0.1) is 6.61 Å². The first-order valence-electron chi connectivity index (χ1n) is 7.77. The summed E-state index contributed by atoms with van der Waals surface area (Å²) < 4.78 is 10.5. The Hall–Kier alpha value is -2.29. The summed E-state index contributed by atoms with van der Waals surface area (Å²) in [7, 11) is 0. The van der Waals surface area contributed by atoms with Crippen LogP contribution in [0.25, 0.3) is 11.1 Å². The zero-order valence-electron chi connectivity index (χ0n) is 13.0. The van der Waals surface area contributed by atoms with Crippen LogP contribution in [0, 0.1) is 0 Å². The average molecular weight is 298 g/mol. The highest BCUT2D eigenvalue weighted by Crippen LogP contribution is 2.24. The molecule has 0 atom stereocenters. The Balaban J connectivity index is 1.89. The molecule has 0 unspecified atom stereocenters. The minimum absolute atomic E-state index is 0.432. The third-order valence-corrected chi connectivity index (χ3v) is 3.49. The predicted molar refractivity (Wildman–Crippen MR) is 88.2 cm³/mol. The minimum Gasteiger partial charge on any atom is -0.494 e. The van der Waals surface area contributed by atoms with E-state index in [4.69, 9.17) is 9.47 Å². The lowest BCUT2D eigenvalue weighted by molar-refractivity contribution is -0.120. The first-order valence-corrected chi connectivity index (χ1v) is 7.77. The second-order valence-corrected chi connectivity index (χ2v) is 5.17. The molecule has 0 aliphatic carbocycles. The lowest BCUT2D eigenvalue weighted by atomic mass is 10.1. The minimum atomic E-state index is 0.432. The van der Waals surface area contributed by atoms with Crippen LogP contribution in [0.5, 0.6) is 11.5 Å². The van der Waals surface area contributed by atoms with Gasteiger partial charge < -0.3 is 9.47 Å². The molecule has 0 heterocycles. The summed E-state index contributed by atoms with van der Waals surface area (Å²) in [6.07, 6.45) is 4.84. The van der Waals surface area contributed by atoms with Gasteiger partial charge in [0.25, 0.3) is 6.47 Å². The largest absolute Gasteiger partial charge is 0.494 e. The highest BCUT2D eigenvalue weighted by molar-refractivity contribution is 5.65. The monoisotopic (exact) mass is 298 g/mol. The Morgan fingerprint density at radius 3 is 1.95 bits per heavy atom. The third kappa shape index (κ3) is 4.92. The number of carbonyl (C=O) groups is 1. The van der Waals surface area contributed by atoms with Gasteiger partial charge >= 0.3 is 0 Å². The zero-order chi connectivity index (χ0) is 15.6. The van der Waals surface area contributed by atoms with Crippen molar-refractivity contribution in [2.24, 2.45) is 0 Å². The first-order chi connectivity index (χ1) is 10.8. The molecule has 116 valence electrons. The van der Waals surface area contributed by atoms with E-state index in [2.05, 4.69) is 6.92 Å². The maximum Gasteiger partial charge on any atom is 0.298 e. The van der Waals surface area contributed by atoms with E-state index in [1.165, 1.54) is 19.3 Å². The van der Waals surface area contributed by atoms with Crippen LogP contribution in [0.1, 0.15) is 32.6 Å². The van der Waals surface area contributed by atoms with Gasteiger partial charge in [-0.2, -0.15) is 0 Å². The summed E-state index contributed by atoms with van der Waals surface area (Å²) >= 11 is 0. The Bertz CT molecular complexity index is 558. The van der Waals surface area contributed by atoms with Gasteiger partial charge in [0, 0.05) is 0 Å². The van der Waals surface area contributed by atoms with Gasteiger partial charge in [0.1, 0.15) is 11.5 Å². The molecule has 2 aromatic carbocycles. The zero-order valence-corrected chi connectivity index (χ0v) is 13.0. The van der Waals surface area contributed by atoms with Crippen LogP contribution in [-0.4, -0.2) is 13.1 Å². The number of carbonyl (C=O) groups excluding carboxylic acids is 1. The molecule has 3 heteroatoms. The summed E-state index contributed by atoms with van der Waals surface area (Å²) in [5.74, 6) is 1.45. The number of rotatable bonds is 9. The normalized spacial score (nSPS) is 10.2. The molecule has 0 amide bonds. The molecular formula is C19H22O3. The molecule has 0 saturated carbocycles. The molecule has 22 heavy (non-hydrogen) atoms. The maximum absolute atomic E-state index is 10.3. The summed E-state index contributed by atoms with van der Waals surface area (Å²) in [5, 5.41) is 0. The molecule has 0 spiro atoms. The first kappa shape index (κ1) is 16.1. The Labute approximate surface area is 131 Å². The fourth-order valence-corrected chi connectivity index (χ4v) is 2.24. The molecule has 3 nitrogen and oxygen atoms in total. The van der Waals surface area contributed by atoms with E-state index < -0.39 is 0 Å². The van der Waals surface area contributed by atoms with Crippen molar-refractivity contribution < 1.29 is 14.3 Å². The van der Waals surface area contributed by atoms with Gasteiger partial charge in [-0.1, -0.05) is 50.5 Å². The SMILES string of the molecule is CCCCCCOc1ccc(-c2ccc(OC=O)cc2)cc1. The smallest absolute Gasteiger partial charge is 0.298 e. The van der Waals surface area contributed by atoms with Crippen LogP contribution in [0.15, 0.2) is 48.5 Å². The summed E-state index contributed by atoms with van der Waals surface area (Å²) in [4.78, 5) is 10.3. The maximum atomic E-state index is 10.3. The molecule has 0 aliphatic rings. The quantitative estimate of drug-likeness (QED) is 0.490. The number of hydrogen-bond donors (Lipinski definition) is 0. The summed E-state index contributed by atoms with van der Waals surface area (Å²) in [6.45, 7) is 3.41. The van der Waals surface area contributed by atoms with Crippen molar-refractivity contribution in [3.63, 3.8) is 0 Å². The van der Waals surface area contributed by atoms with Crippen LogP contribution in [0.3, 0.4) is 0 Å². The topological polar surface area (TPSA) is 35.5 Å². The van der Waals surface area contributed by atoms with Crippen molar-refractivity contribution in [1.82, 2.24) is 0 Å². The molecule has 0 N–H and O–H groups in total. The van der Waals surface area contributed by atoms with Crippen molar-refractivity contribution in [1.29, 1.82) is 0 Å². The van der Waals surface area contributed by atoms with Gasteiger partial charge in [-0.25, -0.2) is 0 Å². The molecule has 2 aromatic rings. The lowest BCUT2D eigenvalue weighted by Gasteiger charge is -2.07. The van der Waals surface area contributed by atoms with Crippen molar-refractivity contribution in [3.8, 4) is 22.6 Å². The van der Waals surface area contributed by atoms with Gasteiger partial charge in [0.15, 0.2) is 0 Å². The molecule has 0 fully saturated rings. The molecular weight excluding hydrogens is 276 g/mol. The van der Waals surface area contributed by atoms with E-state index in [9.17, 15) is 4.79 Å². The van der Waals surface area contributed by atoms with Gasteiger partial charge in [0.2, 0.25) is 0 Å². The molecule has 0 saturated heterocycles. The summed E-state index contributed by atoms with van der Waals surface area (Å²) in [6, 6.07) is 15.5. The second-order valence-electron chi connectivity index (χ2n) is 5.17. The molecule has 0 aliphatic heterocycles. The Kier molecular flexibility index (Phi) is 6.49. The van der Waals surface area contributed by atoms with Crippen molar-refractivity contribution in [3.05, 3.63) is 48.5 Å². The lowest BCUT2D eigenvalue weighted by Crippen LogP contribution is -1.96. The van der Waals surface area contributed by atoms with E-state index in [1.54, 1.807) is 12.1 Å². The van der Waals surface area contributed by atoms with Crippen molar-refractivity contribution in [2.45, 2.75) is 32.6 Å². The second kappa shape index (κ2) is 8.88. The van der Waals surface area contributed by atoms with E-state index in [0.717, 1.165) is 29.9 Å². The third-order valence-electron chi connectivity index (χ3n) is 3.49. The molecule has 0 bridgehead atoms. The Morgan fingerprint density at radius 2 is 1.41 bits per heavy atom. The Morgan fingerprint density at radius 1 is 0.818 bits per heavy atom.